The molecule has 1 fully saturated rings. The topological polar surface area (TPSA) is 71.1 Å². The van der Waals surface area contributed by atoms with Crippen LogP contribution in [0.15, 0.2) is 30.6 Å². The lowest BCUT2D eigenvalue weighted by atomic mass is 10.1. The van der Waals surface area contributed by atoms with E-state index in [0.29, 0.717) is 11.4 Å². The Morgan fingerprint density at radius 3 is 2.65 bits per heavy atom. The van der Waals surface area contributed by atoms with Gasteiger partial charge in [-0.15, -0.1) is 0 Å². The van der Waals surface area contributed by atoms with Crippen LogP contribution in [-0.2, 0) is 4.74 Å². The number of morpholine rings is 1. The predicted octanol–water partition coefficient (Wildman–Crippen LogP) is 1.88. The summed E-state index contributed by atoms with van der Waals surface area (Å²) in [4.78, 5) is 17.5. The van der Waals surface area contributed by atoms with Crippen molar-refractivity contribution in [2.24, 2.45) is 0 Å². The Hall–Kier alpha value is -2.42. The van der Waals surface area contributed by atoms with Gasteiger partial charge in [-0.1, -0.05) is 12.1 Å². The van der Waals surface area contributed by atoms with Gasteiger partial charge < -0.3 is 9.64 Å². The number of hydrogen-bond donors (Lipinski definition) is 1. The molecule has 1 aromatic heterocycles. The summed E-state index contributed by atoms with van der Waals surface area (Å²) >= 11 is 0. The molecule has 0 aliphatic carbocycles. The molecule has 1 atom stereocenters. The third-order valence-corrected chi connectivity index (χ3v) is 3.54. The minimum absolute atomic E-state index is 0.133. The number of H-pyrrole nitrogens is 1. The van der Waals surface area contributed by atoms with E-state index in [1.807, 2.05) is 0 Å². The molecule has 0 bridgehead atoms. The molecule has 23 heavy (non-hydrogen) atoms. The van der Waals surface area contributed by atoms with E-state index in [2.05, 4.69) is 19.9 Å². The van der Waals surface area contributed by atoms with Crippen molar-refractivity contribution in [3.05, 3.63) is 36.2 Å². The second kappa shape index (κ2) is 5.99. The van der Waals surface area contributed by atoms with E-state index in [4.69, 9.17) is 0 Å². The molecule has 6 nitrogen and oxygen atoms in total. The molecule has 1 N–H and O–H groups in total. The quantitative estimate of drug-likeness (QED) is 0.915. The van der Waals surface area contributed by atoms with Crippen LogP contribution in [0.5, 0.6) is 0 Å². The summed E-state index contributed by atoms with van der Waals surface area (Å²) < 4.78 is 42.8. The molecular weight excluding hydrogens is 313 g/mol. The number of carbonyl (C=O) groups is 1. The van der Waals surface area contributed by atoms with E-state index in [1.165, 1.54) is 6.33 Å². The summed E-state index contributed by atoms with van der Waals surface area (Å²) in [5, 5.41) is 6.42. The van der Waals surface area contributed by atoms with Crippen molar-refractivity contribution in [1.82, 2.24) is 20.1 Å². The van der Waals surface area contributed by atoms with Crippen LogP contribution in [0.25, 0.3) is 11.4 Å². The van der Waals surface area contributed by atoms with E-state index in [-0.39, 0.29) is 13.2 Å². The van der Waals surface area contributed by atoms with E-state index < -0.39 is 24.7 Å². The molecule has 1 amide bonds. The molecule has 1 aromatic carbocycles. The number of aromatic nitrogens is 3. The fourth-order valence-electron chi connectivity index (χ4n) is 2.33. The first-order chi connectivity index (χ1) is 10.9. The molecule has 3 rings (SSSR count). The maximum atomic E-state index is 12.7. The minimum atomic E-state index is -4.48. The van der Waals surface area contributed by atoms with E-state index in [1.54, 1.807) is 24.3 Å². The first kappa shape index (κ1) is 15.5. The molecule has 1 aliphatic rings. The molecule has 0 radical (unpaired) electrons. The van der Waals surface area contributed by atoms with Crippen molar-refractivity contribution in [3.63, 3.8) is 0 Å². The molecule has 2 aromatic rings. The fraction of sp³-hybridized carbons (Fsp3) is 0.357. The van der Waals surface area contributed by atoms with Gasteiger partial charge in [-0.2, -0.15) is 18.3 Å². The molecule has 1 saturated heterocycles. The molecule has 0 saturated carbocycles. The summed E-state index contributed by atoms with van der Waals surface area (Å²) in [5.74, 6) is 0.0965. The van der Waals surface area contributed by atoms with Gasteiger partial charge in [0.15, 0.2) is 11.9 Å². The number of ether oxygens (including phenoxy) is 1. The Bertz CT molecular complexity index is 670. The van der Waals surface area contributed by atoms with Crippen LogP contribution < -0.4 is 0 Å². The van der Waals surface area contributed by atoms with E-state index in [9.17, 15) is 18.0 Å². The summed E-state index contributed by atoms with van der Waals surface area (Å²) in [5.41, 5.74) is 1.05. The number of halogens is 3. The molecule has 0 spiro atoms. The second-order valence-corrected chi connectivity index (χ2v) is 5.06. The van der Waals surface area contributed by atoms with Crippen LogP contribution in [0, 0.1) is 0 Å². The Kier molecular flexibility index (Phi) is 4.03. The number of rotatable bonds is 2. The van der Waals surface area contributed by atoms with Crippen molar-refractivity contribution in [2.75, 3.05) is 19.7 Å². The number of benzene rings is 1. The lowest BCUT2D eigenvalue weighted by Gasteiger charge is -2.33. The SMILES string of the molecule is O=C(c1ccc(-c2ncn[nH]2)cc1)N1CCO[C@@H](C(F)(F)F)C1. The third-order valence-electron chi connectivity index (χ3n) is 3.54. The number of amides is 1. The average Bonchev–Trinajstić information content (AvgIpc) is 3.08. The first-order valence-electron chi connectivity index (χ1n) is 6.88. The van der Waals surface area contributed by atoms with Crippen LogP contribution in [0.4, 0.5) is 13.2 Å². The number of aromatic amines is 1. The van der Waals surface area contributed by atoms with Gasteiger partial charge in [0, 0.05) is 17.7 Å². The largest absolute Gasteiger partial charge is 0.416 e. The zero-order chi connectivity index (χ0) is 16.4. The van der Waals surface area contributed by atoms with Crippen LogP contribution >= 0.6 is 0 Å². The summed E-state index contributed by atoms with van der Waals surface area (Å²) in [6.07, 6.45) is -5.05. The Labute approximate surface area is 129 Å². The molecule has 0 unspecified atom stereocenters. The Balaban J connectivity index is 1.72. The molecule has 2 heterocycles. The highest BCUT2D eigenvalue weighted by molar-refractivity contribution is 5.94. The van der Waals surface area contributed by atoms with Gasteiger partial charge in [0.2, 0.25) is 0 Å². The van der Waals surface area contributed by atoms with Crippen molar-refractivity contribution in [2.45, 2.75) is 12.3 Å². The van der Waals surface area contributed by atoms with Gasteiger partial charge in [0.1, 0.15) is 6.33 Å². The van der Waals surface area contributed by atoms with Crippen LogP contribution in [0.1, 0.15) is 10.4 Å². The Morgan fingerprint density at radius 1 is 1.30 bits per heavy atom. The van der Waals surface area contributed by atoms with Crippen molar-refractivity contribution < 1.29 is 22.7 Å². The molecule has 122 valence electrons. The maximum Gasteiger partial charge on any atom is 0.416 e. The molecule has 1 aliphatic heterocycles. The van der Waals surface area contributed by atoms with E-state index in [0.717, 1.165) is 10.5 Å². The van der Waals surface area contributed by atoms with E-state index >= 15 is 0 Å². The second-order valence-electron chi connectivity index (χ2n) is 5.06. The lowest BCUT2D eigenvalue weighted by Crippen LogP contribution is -2.51. The zero-order valence-corrected chi connectivity index (χ0v) is 11.9. The summed E-state index contributed by atoms with van der Waals surface area (Å²) in [6, 6.07) is 6.43. The highest BCUT2D eigenvalue weighted by Crippen LogP contribution is 2.26. The average molecular weight is 326 g/mol. The van der Waals surface area contributed by atoms with Crippen molar-refractivity contribution >= 4 is 5.91 Å². The number of hydrogen-bond acceptors (Lipinski definition) is 4. The predicted molar refractivity (Wildman–Crippen MR) is 73.5 cm³/mol. The standard InChI is InChI=1S/C14H13F3N4O2/c15-14(16,17)11-7-21(5-6-23-11)13(22)10-3-1-9(2-4-10)12-18-8-19-20-12/h1-4,8,11H,5-7H2,(H,18,19,20)/t11-/m1/s1. The van der Waals surface area contributed by atoms with Crippen molar-refractivity contribution in [3.8, 4) is 11.4 Å². The van der Waals surface area contributed by atoms with Crippen LogP contribution in [0.2, 0.25) is 0 Å². The monoisotopic (exact) mass is 326 g/mol. The molecular formula is C14H13F3N4O2. The van der Waals surface area contributed by atoms with Gasteiger partial charge in [-0.3, -0.25) is 9.89 Å². The maximum absolute atomic E-state index is 12.7. The van der Waals surface area contributed by atoms with Gasteiger partial charge >= 0.3 is 6.18 Å². The summed E-state index contributed by atoms with van der Waals surface area (Å²) in [6.45, 7) is -0.493. The van der Waals surface area contributed by atoms with Gasteiger partial charge in [-0.25, -0.2) is 4.98 Å². The zero-order valence-electron chi connectivity index (χ0n) is 11.9. The smallest absolute Gasteiger partial charge is 0.365 e. The van der Waals surface area contributed by atoms with Gasteiger partial charge in [-0.05, 0) is 12.1 Å². The third kappa shape index (κ3) is 3.34. The number of carbonyl (C=O) groups excluding carboxylic acids is 1. The van der Waals surface area contributed by atoms with Gasteiger partial charge in [0.05, 0.1) is 13.2 Å². The normalized spacial score (nSPS) is 18.9. The first-order valence-corrected chi connectivity index (χ1v) is 6.88. The fourth-order valence-corrected chi connectivity index (χ4v) is 2.33. The Morgan fingerprint density at radius 2 is 2.04 bits per heavy atom. The number of nitrogens with one attached hydrogen (secondary N) is 1. The molecule has 9 heteroatoms. The number of nitrogens with zero attached hydrogens (tertiary/aromatic N) is 3. The highest BCUT2D eigenvalue weighted by Gasteiger charge is 2.44. The van der Waals surface area contributed by atoms with Crippen LogP contribution in [-0.4, -0.2) is 58.0 Å². The number of alkyl halides is 3. The van der Waals surface area contributed by atoms with Crippen molar-refractivity contribution in [1.29, 1.82) is 0 Å². The minimum Gasteiger partial charge on any atom is -0.365 e. The lowest BCUT2D eigenvalue weighted by molar-refractivity contribution is -0.233. The highest BCUT2D eigenvalue weighted by atomic mass is 19.4. The van der Waals surface area contributed by atoms with Gasteiger partial charge in [0.25, 0.3) is 5.91 Å². The summed E-state index contributed by atoms with van der Waals surface area (Å²) in [7, 11) is 0. The van der Waals surface area contributed by atoms with Crippen LogP contribution in [0.3, 0.4) is 0 Å².